The highest BCUT2D eigenvalue weighted by Gasteiger charge is 2.32. The first-order valence-electron chi connectivity index (χ1n) is 9.67. The van der Waals surface area contributed by atoms with Crippen molar-refractivity contribution in [1.29, 1.82) is 0 Å². The van der Waals surface area contributed by atoms with E-state index in [4.69, 9.17) is 10.8 Å². The third-order valence-corrected chi connectivity index (χ3v) is 6.54. The molecule has 3 N–H and O–H groups in total. The highest BCUT2D eigenvalue weighted by molar-refractivity contribution is 7.86. The van der Waals surface area contributed by atoms with Gasteiger partial charge in [0.1, 0.15) is 11.5 Å². The summed E-state index contributed by atoms with van der Waals surface area (Å²) in [4.78, 5) is 17.9. The van der Waals surface area contributed by atoms with Gasteiger partial charge in [0, 0.05) is 23.9 Å². The molecule has 1 atom stereocenters. The molecule has 0 saturated carbocycles. The zero-order chi connectivity index (χ0) is 23.8. The van der Waals surface area contributed by atoms with Crippen LogP contribution in [-0.4, -0.2) is 32.8 Å². The summed E-state index contributed by atoms with van der Waals surface area (Å²) in [6, 6.07) is 14.0. The Bertz CT molecular complexity index is 1260. The van der Waals surface area contributed by atoms with Crippen LogP contribution in [0.2, 0.25) is 0 Å². The quantitative estimate of drug-likeness (QED) is 0.434. The zero-order valence-corrected chi connectivity index (χ0v) is 17.7. The lowest BCUT2D eigenvalue weighted by atomic mass is 10.0. The molecule has 33 heavy (non-hydrogen) atoms. The predicted octanol–water partition coefficient (Wildman–Crippen LogP) is 4.24. The van der Waals surface area contributed by atoms with Gasteiger partial charge in [0.25, 0.3) is 0 Å². The van der Waals surface area contributed by atoms with Crippen LogP contribution < -0.4 is 10.0 Å². The number of rotatable bonds is 4. The molecule has 1 aliphatic rings. The molecule has 1 amide bonds. The number of benzene rings is 2. The molecule has 0 spiro atoms. The molecule has 2 aromatic carbocycles. The van der Waals surface area contributed by atoms with Crippen molar-refractivity contribution in [3.8, 4) is 11.1 Å². The highest BCUT2D eigenvalue weighted by Crippen LogP contribution is 2.35. The van der Waals surface area contributed by atoms with Crippen molar-refractivity contribution >= 4 is 28.6 Å². The van der Waals surface area contributed by atoms with Crippen molar-refractivity contribution in [1.82, 2.24) is 4.98 Å². The molecule has 3 aromatic rings. The lowest BCUT2D eigenvalue weighted by Crippen LogP contribution is -2.23. The Morgan fingerprint density at radius 3 is 2.39 bits per heavy atom. The minimum absolute atomic E-state index is 0.156. The number of fused-ring (bicyclic) bond motifs is 1. The minimum atomic E-state index is -4.49. The van der Waals surface area contributed by atoms with Gasteiger partial charge in [0.05, 0.1) is 10.6 Å². The predicted molar refractivity (Wildman–Crippen MR) is 117 cm³/mol. The fourth-order valence-corrected chi connectivity index (χ4v) is 4.73. The van der Waals surface area contributed by atoms with Crippen molar-refractivity contribution < 1.29 is 27.3 Å². The Kier molecular flexibility index (Phi) is 5.90. The van der Waals surface area contributed by atoms with Gasteiger partial charge in [-0.2, -0.15) is 18.2 Å². The topological polar surface area (TPSA) is 109 Å². The van der Waals surface area contributed by atoms with Gasteiger partial charge in [-0.1, -0.05) is 24.3 Å². The van der Waals surface area contributed by atoms with Crippen LogP contribution in [0.1, 0.15) is 16.8 Å². The number of hydrogen-bond donors (Lipinski definition) is 2. The van der Waals surface area contributed by atoms with Crippen molar-refractivity contribution in [2.75, 3.05) is 10.8 Å². The largest absolute Gasteiger partial charge is 0.463 e. The van der Waals surface area contributed by atoms with Crippen LogP contribution in [0.15, 0.2) is 70.7 Å². The van der Waals surface area contributed by atoms with E-state index in [1.807, 2.05) is 6.07 Å². The molecule has 0 saturated heterocycles. The average molecular weight is 474 g/mol. The number of aromatic nitrogens is 1. The number of aliphatic imine (C=N–C) groups is 1. The molecule has 1 unspecified atom stereocenters. The Morgan fingerprint density at radius 2 is 1.79 bits per heavy atom. The summed E-state index contributed by atoms with van der Waals surface area (Å²) in [6.07, 6.45) is -4.08. The second-order valence-electron chi connectivity index (χ2n) is 7.18. The third kappa shape index (κ3) is 4.72. The van der Waals surface area contributed by atoms with Crippen molar-refractivity contribution in [2.24, 2.45) is 10.7 Å². The lowest BCUT2D eigenvalue weighted by molar-refractivity contribution is -0.141. The van der Waals surface area contributed by atoms with Crippen LogP contribution >= 0.6 is 0 Å². The Labute approximate surface area is 189 Å². The number of nitrogens with two attached hydrogens (primary N) is 1. The molecule has 1 aromatic heterocycles. The van der Waals surface area contributed by atoms with E-state index in [0.717, 1.165) is 22.9 Å². The second-order valence-corrected chi connectivity index (χ2v) is 8.59. The summed E-state index contributed by atoms with van der Waals surface area (Å²) in [7, 11) is -1.52. The zero-order valence-electron chi connectivity index (χ0n) is 16.9. The summed E-state index contributed by atoms with van der Waals surface area (Å²) in [5.74, 6) is -0.156. The molecule has 1 aliphatic heterocycles. The fourth-order valence-electron chi connectivity index (χ4n) is 3.49. The van der Waals surface area contributed by atoms with Gasteiger partial charge in [-0.3, -0.25) is 9.29 Å². The average Bonchev–Trinajstić information content (AvgIpc) is 3.21. The number of halogens is 3. The van der Waals surface area contributed by atoms with Crippen LogP contribution in [0.25, 0.3) is 11.1 Å². The van der Waals surface area contributed by atoms with Gasteiger partial charge in [-0.25, -0.2) is 9.00 Å². The number of hydrogen-bond acceptors (Lipinski definition) is 3. The highest BCUT2D eigenvalue weighted by atomic mass is 32.2. The maximum atomic E-state index is 13.1. The fraction of sp³-hybridized carbons (Fsp3) is 0.136. The van der Waals surface area contributed by atoms with E-state index in [9.17, 15) is 22.2 Å². The summed E-state index contributed by atoms with van der Waals surface area (Å²) in [5, 5.41) is 8.69. The maximum absolute atomic E-state index is 13.1. The van der Waals surface area contributed by atoms with Crippen LogP contribution in [0.5, 0.6) is 0 Å². The van der Waals surface area contributed by atoms with E-state index in [1.54, 1.807) is 40.7 Å². The number of pyridine rings is 1. The smallest absolute Gasteiger partial charge is 0.433 e. The first kappa shape index (κ1) is 22.5. The van der Waals surface area contributed by atoms with E-state index in [0.29, 0.717) is 29.0 Å². The number of nitrogens with zero attached hydrogens (tertiary/aromatic N) is 3. The van der Waals surface area contributed by atoms with E-state index in [1.165, 1.54) is 12.3 Å². The maximum Gasteiger partial charge on any atom is 0.433 e. The van der Waals surface area contributed by atoms with Gasteiger partial charge >= 0.3 is 12.3 Å². The SMILES string of the molecule is N/C(=N\C(=O)O)c1ccc(S(=O)N2CCc3cc(-c4ccc(C(F)(F)F)nc4)ccc32)cc1. The Hall–Kier alpha value is -3.73. The van der Waals surface area contributed by atoms with Crippen LogP contribution in [-0.2, 0) is 23.6 Å². The van der Waals surface area contributed by atoms with Crippen LogP contribution in [0.3, 0.4) is 0 Å². The first-order chi connectivity index (χ1) is 15.6. The van der Waals surface area contributed by atoms with Gasteiger partial charge in [-0.15, -0.1) is 0 Å². The molecule has 4 rings (SSSR count). The summed E-state index contributed by atoms with van der Waals surface area (Å²) in [5.41, 5.74) is 8.05. The number of carbonyl (C=O) groups is 1. The second kappa shape index (κ2) is 8.66. The van der Waals surface area contributed by atoms with E-state index in [-0.39, 0.29) is 5.84 Å². The molecular weight excluding hydrogens is 457 g/mol. The Morgan fingerprint density at radius 1 is 1.09 bits per heavy atom. The van der Waals surface area contributed by atoms with Crippen molar-refractivity contribution in [3.63, 3.8) is 0 Å². The molecule has 11 heteroatoms. The molecular formula is C22H17F3N4O3S. The van der Waals surface area contributed by atoms with Gasteiger partial charge < -0.3 is 10.8 Å². The summed E-state index contributed by atoms with van der Waals surface area (Å²) < 4.78 is 53.1. The van der Waals surface area contributed by atoms with Crippen LogP contribution in [0, 0.1) is 0 Å². The monoisotopic (exact) mass is 474 g/mol. The third-order valence-electron chi connectivity index (χ3n) is 5.09. The standard InChI is InChI=1S/C22H17F3N4O3S/c23-22(24,25)19-8-4-16(12-27-19)14-3-7-18-15(11-14)9-10-29(18)33(32)17-5-1-13(2-6-17)20(26)28-21(30)31/h1-8,11-12H,9-10H2,(H2,26,28)(H,30,31). The number of amides is 1. The van der Waals surface area contributed by atoms with Crippen molar-refractivity contribution in [2.45, 2.75) is 17.5 Å². The van der Waals surface area contributed by atoms with E-state index in [2.05, 4.69) is 9.98 Å². The number of amidine groups is 1. The number of carboxylic acid groups (broad SMARTS) is 1. The normalized spacial score (nSPS) is 14.8. The molecule has 2 heterocycles. The molecule has 0 bridgehead atoms. The summed E-state index contributed by atoms with van der Waals surface area (Å²) >= 11 is 0. The van der Waals surface area contributed by atoms with Gasteiger partial charge in [-0.05, 0) is 47.9 Å². The summed E-state index contributed by atoms with van der Waals surface area (Å²) in [6.45, 7) is 0.501. The number of alkyl halides is 3. The van der Waals surface area contributed by atoms with Crippen LogP contribution in [0.4, 0.5) is 23.7 Å². The van der Waals surface area contributed by atoms with Crippen molar-refractivity contribution in [3.05, 3.63) is 77.6 Å². The van der Waals surface area contributed by atoms with E-state index < -0.39 is 28.9 Å². The number of anilines is 1. The molecule has 0 aliphatic carbocycles. The molecule has 0 fully saturated rings. The molecule has 7 nitrogen and oxygen atoms in total. The lowest BCUT2D eigenvalue weighted by Gasteiger charge is -2.18. The molecule has 170 valence electrons. The molecule has 0 radical (unpaired) electrons. The van der Waals surface area contributed by atoms with Gasteiger partial charge in [0.2, 0.25) is 0 Å². The minimum Gasteiger partial charge on any atom is -0.463 e. The van der Waals surface area contributed by atoms with E-state index >= 15 is 0 Å². The first-order valence-corrected chi connectivity index (χ1v) is 10.8. The Balaban J connectivity index is 1.54. The van der Waals surface area contributed by atoms with Gasteiger partial charge in [0.15, 0.2) is 11.0 Å².